The fourth-order valence-corrected chi connectivity index (χ4v) is 3.15. The van der Waals surface area contributed by atoms with Gasteiger partial charge in [0.1, 0.15) is 24.1 Å². The van der Waals surface area contributed by atoms with Gasteiger partial charge in [-0.2, -0.15) is 5.26 Å². The number of pyridine rings is 1. The molecular weight excluding hydrogens is 354 g/mol. The van der Waals surface area contributed by atoms with Gasteiger partial charge in [0.05, 0.1) is 17.7 Å². The lowest BCUT2D eigenvalue weighted by Crippen LogP contribution is -2.52. The molecule has 1 aliphatic heterocycles. The average Bonchev–Trinajstić information content (AvgIpc) is 2.62. The Morgan fingerprint density at radius 2 is 2.19 bits per heavy atom. The zero-order valence-corrected chi connectivity index (χ0v) is 14.7. The molecule has 0 unspecified atom stereocenters. The van der Waals surface area contributed by atoms with Crippen LogP contribution in [0, 0.1) is 21.4 Å². The third-order valence-corrected chi connectivity index (χ3v) is 4.52. The second-order valence-corrected chi connectivity index (χ2v) is 6.70. The van der Waals surface area contributed by atoms with E-state index in [1.54, 1.807) is 38.1 Å². The van der Waals surface area contributed by atoms with Gasteiger partial charge in [-0.15, -0.1) is 10.1 Å². The van der Waals surface area contributed by atoms with Crippen molar-refractivity contribution in [1.29, 1.82) is 5.26 Å². The van der Waals surface area contributed by atoms with Gasteiger partial charge in [0, 0.05) is 17.3 Å². The largest absolute Gasteiger partial charge is 0.485 e. The van der Waals surface area contributed by atoms with Crippen molar-refractivity contribution in [3.05, 3.63) is 73.7 Å². The van der Waals surface area contributed by atoms with E-state index in [-0.39, 0.29) is 5.56 Å². The van der Waals surface area contributed by atoms with Gasteiger partial charge in [0.15, 0.2) is 0 Å². The molecule has 0 bridgehead atoms. The van der Waals surface area contributed by atoms with Crippen LogP contribution in [0.2, 0.25) is 0 Å². The minimum Gasteiger partial charge on any atom is -0.485 e. The number of aromatic nitrogens is 1. The number of rotatable bonds is 4. The van der Waals surface area contributed by atoms with Gasteiger partial charge in [0.2, 0.25) is 0 Å². The number of aliphatic hydroxyl groups is 1. The summed E-state index contributed by atoms with van der Waals surface area (Å²) in [7, 11) is 0. The first kappa shape index (κ1) is 18.4. The average molecular weight is 371 g/mol. The number of ether oxygens (including phenoxy) is 1. The van der Waals surface area contributed by atoms with Crippen molar-refractivity contribution in [3.63, 3.8) is 0 Å². The second kappa shape index (κ2) is 6.74. The van der Waals surface area contributed by atoms with Gasteiger partial charge >= 0.3 is 0 Å². The second-order valence-electron chi connectivity index (χ2n) is 6.70. The number of benzene rings is 1. The van der Waals surface area contributed by atoms with Gasteiger partial charge < -0.3 is 19.2 Å². The van der Waals surface area contributed by atoms with Crippen LogP contribution in [0.3, 0.4) is 0 Å². The van der Waals surface area contributed by atoms with Gasteiger partial charge in [-0.25, -0.2) is 0 Å². The van der Waals surface area contributed by atoms with Gasteiger partial charge in [-0.1, -0.05) is 6.07 Å². The summed E-state index contributed by atoms with van der Waals surface area (Å²) < 4.78 is 7.13. The topological polar surface area (TPSA) is 128 Å². The smallest absolute Gasteiger partial charge is 0.294 e. The zero-order chi connectivity index (χ0) is 19.8. The number of fused-ring (bicyclic) bond motifs is 1. The SMILES string of the molecule is CC1(C)Oc2ccc(C#N)cc2[C@@H](n2cccc(CO[N+](=O)[O-])c2=O)[C@@H]1O. The van der Waals surface area contributed by atoms with Crippen molar-refractivity contribution < 1.29 is 19.8 Å². The molecule has 0 radical (unpaired) electrons. The summed E-state index contributed by atoms with van der Waals surface area (Å²) in [5.41, 5.74) is -0.623. The third-order valence-electron chi connectivity index (χ3n) is 4.52. The monoisotopic (exact) mass is 371 g/mol. The Balaban J connectivity index is 2.16. The van der Waals surface area contributed by atoms with Crippen molar-refractivity contribution in [2.24, 2.45) is 0 Å². The third kappa shape index (κ3) is 3.35. The van der Waals surface area contributed by atoms with Crippen LogP contribution in [0.25, 0.3) is 0 Å². The maximum atomic E-state index is 12.8. The van der Waals surface area contributed by atoms with Crippen LogP contribution in [0.1, 0.15) is 36.6 Å². The molecule has 1 aromatic heterocycles. The molecule has 2 aromatic rings. The van der Waals surface area contributed by atoms with Crippen LogP contribution in [0.4, 0.5) is 0 Å². The molecular formula is C18H17N3O6. The van der Waals surface area contributed by atoms with Crippen LogP contribution in [0.5, 0.6) is 5.75 Å². The fraction of sp³-hybridized carbons (Fsp3) is 0.333. The first-order valence-corrected chi connectivity index (χ1v) is 8.13. The minimum absolute atomic E-state index is 0.0729. The highest BCUT2D eigenvalue weighted by atomic mass is 16.9. The lowest BCUT2D eigenvalue weighted by atomic mass is 9.85. The number of nitriles is 1. The Labute approximate surface area is 154 Å². The summed E-state index contributed by atoms with van der Waals surface area (Å²) >= 11 is 0. The highest BCUT2D eigenvalue weighted by Crippen LogP contribution is 2.41. The Morgan fingerprint density at radius 1 is 1.44 bits per heavy atom. The summed E-state index contributed by atoms with van der Waals surface area (Å²) in [6.07, 6.45) is 0.374. The molecule has 2 atom stereocenters. The highest BCUT2D eigenvalue weighted by Gasteiger charge is 2.44. The molecule has 0 aliphatic carbocycles. The lowest BCUT2D eigenvalue weighted by molar-refractivity contribution is -0.763. The molecule has 0 saturated carbocycles. The van der Waals surface area contributed by atoms with Crippen molar-refractivity contribution >= 4 is 0 Å². The summed E-state index contributed by atoms with van der Waals surface area (Å²) in [4.78, 5) is 27.6. The quantitative estimate of drug-likeness (QED) is 0.638. The van der Waals surface area contributed by atoms with E-state index in [4.69, 9.17) is 4.74 Å². The van der Waals surface area contributed by atoms with Crippen LogP contribution in [-0.4, -0.2) is 26.5 Å². The van der Waals surface area contributed by atoms with E-state index in [1.165, 1.54) is 16.8 Å². The van der Waals surface area contributed by atoms with Gasteiger partial charge in [-0.05, 0) is 38.1 Å². The summed E-state index contributed by atoms with van der Waals surface area (Å²) in [5.74, 6) is 0.452. The molecule has 9 heteroatoms. The first-order valence-electron chi connectivity index (χ1n) is 8.13. The Kier molecular flexibility index (Phi) is 4.59. The van der Waals surface area contributed by atoms with E-state index in [0.717, 1.165) is 0 Å². The lowest BCUT2D eigenvalue weighted by Gasteiger charge is -2.42. The number of aliphatic hydroxyl groups excluding tert-OH is 1. The van der Waals surface area contributed by atoms with Crippen LogP contribution in [0.15, 0.2) is 41.3 Å². The molecule has 2 heterocycles. The normalized spacial score (nSPS) is 20.1. The van der Waals surface area contributed by atoms with E-state index < -0.39 is 35.0 Å². The van der Waals surface area contributed by atoms with Crippen molar-refractivity contribution in [2.75, 3.05) is 0 Å². The van der Waals surface area contributed by atoms with E-state index in [2.05, 4.69) is 4.84 Å². The molecule has 0 saturated heterocycles. The Hall–Kier alpha value is -3.38. The molecule has 0 amide bonds. The molecule has 1 aromatic carbocycles. The van der Waals surface area contributed by atoms with Crippen LogP contribution in [-0.2, 0) is 11.4 Å². The molecule has 9 nitrogen and oxygen atoms in total. The van der Waals surface area contributed by atoms with Crippen molar-refractivity contribution in [1.82, 2.24) is 4.57 Å². The van der Waals surface area contributed by atoms with Crippen LogP contribution < -0.4 is 10.3 Å². The van der Waals surface area contributed by atoms with Crippen molar-refractivity contribution in [2.45, 2.75) is 38.2 Å². The number of nitrogens with zero attached hydrogens (tertiary/aromatic N) is 3. The van der Waals surface area contributed by atoms with E-state index >= 15 is 0 Å². The summed E-state index contributed by atoms with van der Waals surface area (Å²) in [5, 5.41) is 29.5. The zero-order valence-electron chi connectivity index (χ0n) is 14.7. The van der Waals surface area contributed by atoms with Gasteiger partial charge in [0.25, 0.3) is 10.6 Å². The molecule has 140 valence electrons. The maximum absolute atomic E-state index is 12.8. The van der Waals surface area contributed by atoms with E-state index in [1.807, 2.05) is 6.07 Å². The van der Waals surface area contributed by atoms with Crippen molar-refractivity contribution in [3.8, 4) is 11.8 Å². The molecule has 0 fully saturated rings. The predicted octanol–water partition coefficient (Wildman–Crippen LogP) is 1.55. The molecule has 1 N–H and O–H groups in total. The van der Waals surface area contributed by atoms with E-state index in [9.17, 15) is 25.3 Å². The first-order chi connectivity index (χ1) is 12.7. The Bertz CT molecular complexity index is 991. The maximum Gasteiger partial charge on any atom is 0.294 e. The van der Waals surface area contributed by atoms with Gasteiger partial charge in [-0.3, -0.25) is 4.79 Å². The number of hydrogen-bond acceptors (Lipinski definition) is 7. The Morgan fingerprint density at radius 3 is 2.85 bits per heavy atom. The summed E-state index contributed by atoms with van der Waals surface area (Å²) in [6.45, 7) is 2.88. The number of hydrogen-bond donors (Lipinski definition) is 1. The predicted molar refractivity (Wildman–Crippen MR) is 92.5 cm³/mol. The minimum atomic E-state index is -1.11. The van der Waals surface area contributed by atoms with E-state index in [0.29, 0.717) is 16.9 Å². The molecule has 0 spiro atoms. The standard InChI is InChI=1S/C18H17N3O6/c1-18(2)16(22)15(13-8-11(9-19)5-6-14(13)27-18)20-7-3-4-12(17(20)23)10-26-21(24)25/h3-8,15-16,22H,10H2,1-2H3/t15-,16+/m1/s1. The molecule has 1 aliphatic rings. The highest BCUT2D eigenvalue weighted by molar-refractivity contribution is 5.46. The van der Waals surface area contributed by atoms with Crippen LogP contribution >= 0.6 is 0 Å². The molecule has 27 heavy (non-hydrogen) atoms. The summed E-state index contributed by atoms with van der Waals surface area (Å²) in [6, 6.07) is 8.93. The fourth-order valence-electron chi connectivity index (χ4n) is 3.15. The molecule has 3 rings (SSSR count).